The van der Waals surface area contributed by atoms with Crippen LogP contribution in [0, 0.1) is 11.6 Å². The van der Waals surface area contributed by atoms with Crippen LogP contribution < -0.4 is 5.73 Å². The van der Waals surface area contributed by atoms with Crippen LogP contribution in [-0.4, -0.2) is 55.6 Å². The Balaban J connectivity index is 2.10. The highest BCUT2D eigenvalue weighted by Crippen LogP contribution is 2.17. The number of nitrogens with zero attached hydrogens (tertiary/aromatic N) is 2. The normalized spacial score (nSPS) is 23.5. The largest absolute Gasteiger partial charge is 0.326 e. The summed E-state index contributed by atoms with van der Waals surface area (Å²) in [7, 11) is 4.05. The first-order chi connectivity index (χ1) is 8.99. The molecule has 3 nitrogen and oxygen atoms in total. The first-order valence-corrected chi connectivity index (χ1v) is 6.56. The van der Waals surface area contributed by atoms with E-state index in [2.05, 4.69) is 9.80 Å². The van der Waals surface area contributed by atoms with Crippen molar-refractivity contribution >= 4 is 0 Å². The van der Waals surface area contributed by atoms with Crippen molar-refractivity contribution < 1.29 is 8.78 Å². The zero-order chi connectivity index (χ0) is 14.0. The van der Waals surface area contributed by atoms with Gasteiger partial charge in [0.15, 0.2) is 0 Å². The fourth-order valence-corrected chi connectivity index (χ4v) is 2.61. The summed E-state index contributed by atoms with van der Waals surface area (Å²) >= 11 is 0. The molecule has 0 aromatic heterocycles. The van der Waals surface area contributed by atoms with E-state index in [0.29, 0.717) is 0 Å². The summed E-state index contributed by atoms with van der Waals surface area (Å²) in [5, 5.41) is 0. The van der Waals surface area contributed by atoms with Gasteiger partial charge in [-0.3, -0.25) is 4.90 Å². The second-order valence-corrected chi connectivity index (χ2v) is 5.38. The van der Waals surface area contributed by atoms with Crippen LogP contribution in [0.1, 0.15) is 5.56 Å². The molecule has 1 aliphatic heterocycles. The molecule has 0 radical (unpaired) electrons. The van der Waals surface area contributed by atoms with E-state index in [4.69, 9.17) is 5.73 Å². The Morgan fingerprint density at radius 3 is 2.53 bits per heavy atom. The van der Waals surface area contributed by atoms with Crippen LogP contribution in [0.15, 0.2) is 18.2 Å². The van der Waals surface area contributed by atoms with Gasteiger partial charge >= 0.3 is 0 Å². The third kappa shape index (κ3) is 3.29. The highest BCUT2D eigenvalue weighted by molar-refractivity contribution is 5.21. The number of halogens is 2. The van der Waals surface area contributed by atoms with Gasteiger partial charge in [0, 0.05) is 37.3 Å². The predicted octanol–water partition coefficient (Wildman–Crippen LogP) is 1.08. The molecular weight excluding hydrogens is 248 g/mol. The Bertz CT molecular complexity index is 418. The number of hydrogen-bond acceptors (Lipinski definition) is 3. The van der Waals surface area contributed by atoms with E-state index in [1.54, 1.807) is 0 Å². The van der Waals surface area contributed by atoms with E-state index in [1.165, 1.54) is 18.2 Å². The Morgan fingerprint density at radius 1 is 1.26 bits per heavy atom. The summed E-state index contributed by atoms with van der Waals surface area (Å²) < 4.78 is 27.3. The molecule has 1 aliphatic rings. The lowest BCUT2D eigenvalue weighted by Crippen LogP contribution is -2.58. The molecule has 1 saturated heterocycles. The van der Waals surface area contributed by atoms with Crippen LogP contribution >= 0.6 is 0 Å². The molecule has 106 valence electrons. The van der Waals surface area contributed by atoms with Crippen molar-refractivity contribution in [1.29, 1.82) is 0 Å². The molecule has 1 heterocycles. The Hall–Kier alpha value is -1.04. The van der Waals surface area contributed by atoms with Crippen molar-refractivity contribution in [3.8, 4) is 0 Å². The molecule has 19 heavy (non-hydrogen) atoms. The van der Waals surface area contributed by atoms with Gasteiger partial charge in [-0.25, -0.2) is 8.78 Å². The van der Waals surface area contributed by atoms with Crippen molar-refractivity contribution in [2.45, 2.75) is 18.5 Å². The van der Waals surface area contributed by atoms with E-state index in [-0.39, 0.29) is 24.1 Å². The van der Waals surface area contributed by atoms with Gasteiger partial charge < -0.3 is 10.6 Å². The van der Waals surface area contributed by atoms with E-state index in [0.717, 1.165) is 19.6 Å². The fraction of sp³-hybridized carbons (Fsp3) is 0.571. The Morgan fingerprint density at radius 2 is 1.89 bits per heavy atom. The highest BCUT2D eigenvalue weighted by Gasteiger charge is 2.28. The SMILES string of the molecule is CN1CCN(C)C(C(N)Cc2c(F)cccc2F)C1. The molecule has 0 saturated carbocycles. The average Bonchev–Trinajstić information content (AvgIpc) is 2.37. The average molecular weight is 269 g/mol. The summed E-state index contributed by atoms with van der Waals surface area (Å²) in [6.07, 6.45) is 0.224. The smallest absolute Gasteiger partial charge is 0.129 e. The van der Waals surface area contributed by atoms with Crippen LogP contribution in [0.5, 0.6) is 0 Å². The lowest BCUT2D eigenvalue weighted by molar-refractivity contribution is 0.0969. The van der Waals surface area contributed by atoms with Crippen LogP contribution in [0.25, 0.3) is 0 Å². The molecule has 1 aromatic rings. The van der Waals surface area contributed by atoms with Crippen LogP contribution in [-0.2, 0) is 6.42 Å². The molecular formula is C14H21F2N3. The van der Waals surface area contributed by atoms with Gasteiger partial charge in [-0.2, -0.15) is 0 Å². The van der Waals surface area contributed by atoms with Crippen LogP contribution in [0.4, 0.5) is 8.78 Å². The topological polar surface area (TPSA) is 32.5 Å². The predicted molar refractivity (Wildman–Crippen MR) is 72.0 cm³/mol. The maximum Gasteiger partial charge on any atom is 0.129 e. The molecule has 2 N–H and O–H groups in total. The van der Waals surface area contributed by atoms with E-state index in [1.807, 2.05) is 14.1 Å². The molecule has 5 heteroatoms. The summed E-state index contributed by atoms with van der Waals surface area (Å²) in [5.74, 6) is -1.02. The van der Waals surface area contributed by atoms with Gasteiger partial charge in [0.2, 0.25) is 0 Å². The number of hydrogen-bond donors (Lipinski definition) is 1. The maximum absolute atomic E-state index is 13.6. The van der Waals surface area contributed by atoms with E-state index in [9.17, 15) is 8.78 Å². The second kappa shape index (κ2) is 5.94. The Labute approximate surface area is 113 Å². The molecule has 2 unspecified atom stereocenters. The molecule has 2 atom stereocenters. The molecule has 0 amide bonds. The standard InChI is InChI=1S/C14H21F2N3/c1-18-6-7-19(2)14(9-18)13(17)8-10-11(15)4-3-5-12(10)16/h3-5,13-14H,6-9,17H2,1-2H3. The molecule has 0 aliphatic carbocycles. The first kappa shape index (κ1) is 14.4. The van der Waals surface area contributed by atoms with Crippen molar-refractivity contribution in [2.75, 3.05) is 33.7 Å². The minimum absolute atomic E-state index is 0.0941. The molecule has 0 bridgehead atoms. The summed E-state index contributed by atoms with van der Waals surface area (Å²) in [6.45, 7) is 2.75. The van der Waals surface area contributed by atoms with Crippen molar-refractivity contribution in [1.82, 2.24) is 9.80 Å². The number of nitrogens with two attached hydrogens (primary N) is 1. The van der Waals surface area contributed by atoms with Gasteiger partial charge in [0.1, 0.15) is 11.6 Å². The first-order valence-electron chi connectivity index (χ1n) is 6.56. The fourth-order valence-electron chi connectivity index (χ4n) is 2.61. The summed E-state index contributed by atoms with van der Waals surface area (Å²) in [4.78, 5) is 4.37. The van der Waals surface area contributed by atoms with Crippen molar-refractivity contribution in [2.24, 2.45) is 5.73 Å². The van der Waals surface area contributed by atoms with Gasteiger partial charge in [-0.05, 0) is 32.6 Å². The molecule has 1 aromatic carbocycles. The van der Waals surface area contributed by atoms with E-state index >= 15 is 0 Å². The van der Waals surface area contributed by atoms with Crippen LogP contribution in [0.3, 0.4) is 0 Å². The number of piperazine rings is 1. The summed E-state index contributed by atoms with van der Waals surface area (Å²) in [6, 6.07) is 3.78. The van der Waals surface area contributed by atoms with Gasteiger partial charge in [-0.15, -0.1) is 0 Å². The lowest BCUT2D eigenvalue weighted by Gasteiger charge is -2.40. The van der Waals surface area contributed by atoms with Crippen LogP contribution in [0.2, 0.25) is 0 Å². The molecule has 1 fully saturated rings. The minimum Gasteiger partial charge on any atom is -0.326 e. The van der Waals surface area contributed by atoms with E-state index < -0.39 is 11.6 Å². The van der Waals surface area contributed by atoms with Gasteiger partial charge in [-0.1, -0.05) is 6.07 Å². The zero-order valence-corrected chi connectivity index (χ0v) is 11.4. The van der Waals surface area contributed by atoms with Crippen molar-refractivity contribution in [3.63, 3.8) is 0 Å². The number of benzene rings is 1. The number of rotatable bonds is 3. The monoisotopic (exact) mass is 269 g/mol. The number of likely N-dealkylation sites (N-methyl/N-ethyl adjacent to an activating group) is 2. The second-order valence-electron chi connectivity index (χ2n) is 5.38. The molecule has 0 spiro atoms. The minimum atomic E-state index is -0.512. The highest BCUT2D eigenvalue weighted by atomic mass is 19.1. The quantitative estimate of drug-likeness (QED) is 0.891. The van der Waals surface area contributed by atoms with Crippen molar-refractivity contribution in [3.05, 3.63) is 35.4 Å². The van der Waals surface area contributed by atoms with Gasteiger partial charge in [0.05, 0.1) is 0 Å². The lowest BCUT2D eigenvalue weighted by atomic mass is 9.97. The summed E-state index contributed by atoms with van der Waals surface area (Å²) in [5.41, 5.74) is 6.26. The third-order valence-electron chi connectivity index (χ3n) is 3.90. The Kier molecular flexibility index (Phi) is 4.50. The maximum atomic E-state index is 13.6. The zero-order valence-electron chi connectivity index (χ0n) is 11.4. The van der Waals surface area contributed by atoms with Gasteiger partial charge in [0.25, 0.3) is 0 Å². The molecule has 2 rings (SSSR count). The third-order valence-corrected chi connectivity index (χ3v) is 3.90.